The van der Waals surface area contributed by atoms with Gasteiger partial charge in [-0.1, -0.05) is 0 Å². The molecule has 0 aromatic carbocycles. The van der Waals surface area contributed by atoms with Gasteiger partial charge in [0.1, 0.15) is 6.33 Å². The summed E-state index contributed by atoms with van der Waals surface area (Å²) in [5.74, 6) is -0.511. The number of carbonyl (C=O) groups excluding carboxylic acids is 1. The van der Waals surface area contributed by atoms with E-state index < -0.39 is 5.97 Å². The Kier molecular flexibility index (Phi) is 3.39. The van der Waals surface area contributed by atoms with E-state index in [0.29, 0.717) is 13.0 Å². The Labute approximate surface area is 75.2 Å². The summed E-state index contributed by atoms with van der Waals surface area (Å²) in [6, 6.07) is 0. The van der Waals surface area contributed by atoms with E-state index in [9.17, 15) is 4.79 Å². The van der Waals surface area contributed by atoms with Crippen LogP contribution in [-0.2, 0) is 11.3 Å². The van der Waals surface area contributed by atoms with E-state index in [1.54, 1.807) is 0 Å². The average molecular weight is 185 g/mol. The van der Waals surface area contributed by atoms with Crippen LogP contribution in [0.2, 0.25) is 0 Å². The minimum absolute atomic E-state index is 0.0421. The predicted octanol–water partition coefficient (Wildman–Crippen LogP) is -0.553. The number of nitrogens with zero attached hydrogens (tertiary/aromatic N) is 3. The Morgan fingerprint density at radius 2 is 2.54 bits per heavy atom. The first-order valence-electron chi connectivity index (χ1n) is 3.86. The zero-order valence-electron chi connectivity index (χ0n) is 7.30. The molecule has 0 bridgehead atoms. The van der Waals surface area contributed by atoms with Gasteiger partial charge in [0.05, 0.1) is 7.11 Å². The van der Waals surface area contributed by atoms with Crippen LogP contribution in [0.25, 0.3) is 0 Å². The molecule has 1 heterocycles. The van der Waals surface area contributed by atoms with E-state index >= 15 is 0 Å². The van der Waals surface area contributed by atoms with Crippen LogP contribution in [0.1, 0.15) is 17.0 Å². The quantitative estimate of drug-likeness (QED) is 0.636. The van der Waals surface area contributed by atoms with E-state index in [0.717, 1.165) is 0 Å². The number of aliphatic hydroxyl groups excluding tert-OH is 1. The zero-order chi connectivity index (χ0) is 9.68. The summed E-state index contributed by atoms with van der Waals surface area (Å²) in [6.07, 6.45) is 2.02. The second kappa shape index (κ2) is 4.56. The number of carbonyl (C=O) groups is 1. The Balaban J connectivity index is 2.58. The first-order valence-corrected chi connectivity index (χ1v) is 3.86. The number of aromatic nitrogens is 3. The van der Waals surface area contributed by atoms with Gasteiger partial charge in [-0.25, -0.2) is 9.78 Å². The van der Waals surface area contributed by atoms with Gasteiger partial charge < -0.3 is 9.84 Å². The topological polar surface area (TPSA) is 77.2 Å². The number of aryl methyl sites for hydroxylation is 1. The number of aliphatic hydroxyl groups is 1. The summed E-state index contributed by atoms with van der Waals surface area (Å²) in [5.41, 5.74) is 0. The van der Waals surface area contributed by atoms with Crippen molar-refractivity contribution in [3.8, 4) is 0 Å². The maximum Gasteiger partial charge on any atom is 0.377 e. The Morgan fingerprint density at radius 1 is 1.77 bits per heavy atom. The van der Waals surface area contributed by atoms with E-state index in [-0.39, 0.29) is 12.4 Å². The molecular weight excluding hydrogens is 174 g/mol. The Bertz CT molecular complexity index is 284. The number of ether oxygens (including phenoxy) is 1. The van der Waals surface area contributed by atoms with E-state index in [1.165, 1.54) is 18.1 Å². The van der Waals surface area contributed by atoms with Crippen molar-refractivity contribution in [2.75, 3.05) is 13.7 Å². The zero-order valence-corrected chi connectivity index (χ0v) is 7.30. The molecule has 6 heteroatoms. The number of rotatable bonds is 4. The molecule has 0 aliphatic rings. The van der Waals surface area contributed by atoms with Gasteiger partial charge in [0.25, 0.3) is 5.82 Å². The fraction of sp³-hybridized carbons (Fsp3) is 0.571. The van der Waals surface area contributed by atoms with Crippen molar-refractivity contribution < 1.29 is 14.6 Å². The molecule has 0 aliphatic carbocycles. The SMILES string of the molecule is COC(=O)c1ncn(CCCO)n1. The van der Waals surface area contributed by atoms with Gasteiger partial charge in [-0.15, -0.1) is 5.10 Å². The molecular formula is C7H11N3O3. The maximum absolute atomic E-state index is 10.9. The van der Waals surface area contributed by atoms with Crippen molar-refractivity contribution in [1.82, 2.24) is 14.8 Å². The van der Waals surface area contributed by atoms with Gasteiger partial charge in [0, 0.05) is 13.2 Å². The summed E-state index contributed by atoms with van der Waals surface area (Å²) >= 11 is 0. The van der Waals surface area contributed by atoms with Gasteiger partial charge in [-0.3, -0.25) is 4.68 Å². The summed E-state index contributed by atoms with van der Waals surface area (Å²) in [6.45, 7) is 0.633. The second-order valence-corrected chi connectivity index (χ2v) is 2.40. The van der Waals surface area contributed by atoms with Crippen molar-refractivity contribution in [1.29, 1.82) is 0 Å². The highest BCUT2D eigenvalue weighted by molar-refractivity contribution is 5.84. The first-order chi connectivity index (χ1) is 6.27. The largest absolute Gasteiger partial charge is 0.463 e. The molecule has 0 saturated heterocycles. The van der Waals surface area contributed by atoms with Crippen LogP contribution >= 0.6 is 0 Å². The summed E-state index contributed by atoms with van der Waals surface area (Å²) in [4.78, 5) is 14.6. The molecule has 1 N–H and O–H groups in total. The van der Waals surface area contributed by atoms with Gasteiger partial charge in [0.15, 0.2) is 0 Å². The lowest BCUT2D eigenvalue weighted by atomic mass is 10.5. The molecule has 0 atom stereocenters. The van der Waals surface area contributed by atoms with Crippen molar-refractivity contribution in [3.63, 3.8) is 0 Å². The summed E-state index contributed by atoms with van der Waals surface area (Å²) in [7, 11) is 1.27. The van der Waals surface area contributed by atoms with Gasteiger partial charge in [-0.05, 0) is 6.42 Å². The highest BCUT2D eigenvalue weighted by Crippen LogP contribution is 1.93. The molecule has 0 amide bonds. The Morgan fingerprint density at radius 3 is 3.15 bits per heavy atom. The molecule has 72 valence electrons. The second-order valence-electron chi connectivity index (χ2n) is 2.40. The first kappa shape index (κ1) is 9.66. The minimum atomic E-state index is -0.553. The number of hydrogen-bond acceptors (Lipinski definition) is 5. The summed E-state index contributed by atoms with van der Waals surface area (Å²) < 4.78 is 5.92. The monoisotopic (exact) mass is 185 g/mol. The van der Waals surface area contributed by atoms with E-state index in [1.807, 2.05) is 0 Å². The predicted molar refractivity (Wildman–Crippen MR) is 43.1 cm³/mol. The van der Waals surface area contributed by atoms with Crippen LogP contribution in [0.15, 0.2) is 6.33 Å². The van der Waals surface area contributed by atoms with Gasteiger partial charge >= 0.3 is 5.97 Å². The highest BCUT2D eigenvalue weighted by atomic mass is 16.5. The summed E-state index contributed by atoms with van der Waals surface area (Å²) in [5, 5.41) is 12.4. The Hall–Kier alpha value is -1.43. The van der Waals surface area contributed by atoms with Crippen molar-refractivity contribution in [3.05, 3.63) is 12.2 Å². The molecule has 6 nitrogen and oxygen atoms in total. The van der Waals surface area contributed by atoms with Crippen LogP contribution in [0, 0.1) is 0 Å². The third-order valence-electron chi connectivity index (χ3n) is 1.45. The molecule has 0 fully saturated rings. The molecule has 0 saturated carbocycles. The molecule has 0 aliphatic heterocycles. The van der Waals surface area contributed by atoms with Gasteiger partial charge in [0.2, 0.25) is 0 Å². The number of methoxy groups -OCH3 is 1. The lowest BCUT2D eigenvalue weighted by Crippen LogP contribution is -2.06. The fourth-order valence-electron chi connectivity index (χ4n) is 0.820. The molecule has 13 heavy (non-hydrogen) atoms. The number of hydrogen-bond donors (Lipinski definition) is 1. The highest BCUT2D eigenvalue weighted by Gasteiger charge is 2.10. The molecule has 1 aromatic heterocycles. The fourth-order valence-corrected chi connectivity index (χ4v) is 0.820. The smallest absolute Gasteiger partial charge is 0.377 e. The van der Waals surface area contributed by atoms with Crippen LogP contribution in [0.5, 0.6) is 0 Å². The van der Waals surface area contributed by atoms with Crippen molar-refractivity contribution in [2.24, 2.45) is 0 Å². The third-order valence-corrected chi connectivity index (χ3v) is 1.45. The van der Waals surface area contributed by atoms with Crippen LogP contribution in [0.4, 0.5) is 0 Å². The van der Waals surface area contributed by atoms with Gasteiger partial charge in [-0.2, -0.15) is 0 Å². The normalized spacial score (nSPS) is 10.0. The lowest BCUT2D eigenvalue weighted by Gasteiger charge is -1.95. The molecule has 0 unspecified atom stereocenters. The standard InChI is InChI=1S/C7H11N3O3/c1-13-7(12)6-8-5-10(9-6)3-2-4-11/h5,11H,2-4H2,1H3. The van der Waals surface area contributed by atoms with Crippen LogP contribution in [0.3, 0.4) is 0 Å². The molecule has 1 rings (SSSR count). The molecule has 0 radical (unpaired) electrons. The van der Waals surface area contributed by atoms with Crippen molar-refractivity contribution in [2.45, 2.75) is 13.0 Å². The molecule has 0 spiro atoms. The molecule has 1 aromatic rings. The number of esters is 1. The van der Waals surface area contributed by atoms with Crippen molar-refractivity contribution >= 4 is 5.97 Å². The van der Waals surface area contributed by atoms with E-state index in [4.69, 9.17) is 5.11 Å². The van der Waals surface area contributed by atoms with Crippen LogP contribution in [-0.4, -0.2) is 39.6 Å². The minimum Gasteiger partial charge on any atom is -0.463 e. The van der Waals surface area contributed by atoms with Crippen LogP contribution < -0.4 is 0 Å². The lowest BCUT2D eigenvalue weighted by molar-refractivity contribution is 0.0586. The third kappa shape index (κ3) is 2.51. The average Bonchev–Trinajstić information content (AvgIpc) is 2.62. The van der Waals surface area contributed by atoms with E-state index in [2.05, 4.69) is 14.8 Å². The maximum atomic E-state index is 10.9.